The molecular weight excluding hydrogens is 300 g/mol. The first-order chi connectivity index (χ1) is 11.4. The minimum atomic E-state index is -1.01. The Morgan fingerprint density at radius 2 is 1.50 bits per heavy atom. The average molecular weight is 318 g/mol. The molecule has 0 fully saturated rings. The Balaban J connectivity index is 2.04. The summed E-state index contributed by atoms with van der Waals surface area (Å²) in [6, 6.07) is 11.9. The molecule has 2 aromatic rings. The van der Waals surface area contributed by atoms with E-state index < -0.39 is 6.29 Å². The van der Waals surface area contributed by atoms with Crippen LogP contribution in [0.3, 0.4) is 0 Å². The number of hydrogen-bond acceptors (Lipinski definition) is 4. The number of nitrogens with zero attached hydrogens (tertiary/aromatic N) is 2. The van der Waals surface area contributed by atoms with Crippen molar-refractivity contribution in [1.29, 1.82) is 10.5 Å². The van der Waals surface area contributed by atoms with Gasteiger partial charge in [0.25, 0.3) is 0 Å². The van der Waals surface area contributed by atoms with Crippen molar-refractivity contribution < 1.29 is 9.84 Å². The van der Waals surface area contributed by atoms with Crippen LogP contribution in [0.1, 0.15) is 56.9 Å². The first-order valence-electron chi connectivity index (χ1n) is 7.83. The maximum Gasteiger partial charge on any atom is 0.182 e. The highest BCUT2D eigenvalue weighted by Gasteiger charge is 2.29. The van der Waals surface area contributed by atoms with Gasteiger partial charge in [0.1, 0.15) is 0 Å². The van der Waals surface area contributed by atoms with Crippen molar-refractivity contribution in [3.05, 3.63) is 68.8 Å². The number of aliphatic hydroxyl groups excluding tert-OH is 1. The lowest BCUT2D eigenvalue weighted by Crippen LogP contribution is -2.21. The molecule has 2 unspecified atom stereocenters. The van der Waals surface area contributed by atoms with Gasteiger partial charge in [-0.1, -0.05) is 6.07 Å². The maximum atomic E-state index is 10.4. The van der Waals surface area contributed by atoms with Gasteiger partial charge in [-0.2, -0.15) is 10.5 Å². The minimum absolute atomic E-state index is 0.298. The van der Waals surface area contributed by atoms with E-state index in [9.17, 15) is 10.4 Å². The van der Waals surface area contributed by atoms with Crippen molar-refractivity contribution in [1.82, 2.24) is 0 Å². The van der Waals surface area contributed by atoms with Crippen molar-refractivity contribution in [2.45, 2.75) is 39.6 Å². The topological polar surface area (TPSA) is 77.0 Å². The highest BCUT2D eigenvalue weighted by molar-refractivity contribution is 5.48. The van der Waals surface area contributed by atoms with E-state index >= 15 is 0 Å². The summed E-state index contributed by atoms with van der Waals surface area (Å²) in [6.45, 7) is 5.69. The van der Waals surface area contributed by atoms with Crippen LogP contribution >= 0.6 is 0 Å². The molecule has 0 aliphatic carbocycles. The number of aryl methyl sites for hydroxylation is 3. The van der Waals surface area contributed by atoms with Gasteiger partial charge in [0.15, 0.2) is 6.29 Å². The zero-order valence-electron chi connectivity index (χ0n) is 13.9. The third-order valence-electron chi connectivity index (χ3n) is 4.65. The Labute approximate surface area is 141 Å². The van der Waals surface area contributed by atoms with Gasteiger partial charge < -0.3 is 9.84 Å². The van der Waals surface area contributed by atoms with E-state index in [1.54, 1.807) is 0 Å². The molecule has 1 heterocycles. The number of aliphatic hydroxyl groups is 1. The smallest absolute Gasteiger partial charge is 0.182 e. The van der Waals surface area contributed by atoms with E-state index in [0.717, 1.165) is 33.4 Å². The summed E-state index contributed by atoms with van der Waals surface area (Å²) < 4.78 is 5.83. The lowest BCUT2D eigenvalue weighted by molar-refractivity contribution is -0.151. The van der Waals surface area contributed by atoms with E-state index in [1.165, 1.54) is 0 Å². The lowest BCUT2D eigenvalue weighted by Gasteiger charge is -2.31. The van der Waals surface area contributed by atoms with E-state index in [0.29, 0.717) is 17.5 Å². The van der Waals surface area contributed by atoms with E-state index in [4.69, 9.17) is 10.00 Å². The molecule has 2 aromatic carbocycles. The van der Waals surface area contributed by atoms with Crippen molar-refractivity contribution in [2.24, 2.45) is 0 Å². The van der Waals surface area contributed by atoms with Gasteiger partial charge in [0.05, 0.1) is 29.4 Å². The first kappa shape index (κ1) is 16.2. The standard InChI is InChI=1S/C20H18N2O2/c1-11-5-17(13(3)4-15(11)9-21)19-8-14-7-16(10-22)12(2)6-18(14)20(23)24-19/h4-7,19-20,23H,8H2,1-3H3. The van der Waals surface area contributed by atoms with Crippen molar-refractivity contribution in [3.63, 3.8) is 0 Å². The predicted molar refractivity (Wildman–Crippen MR) is 89.0 cm³/mol. The Kier molecular flexibility index (Phi) is 4.11. The molecule has 4 nitrogen and oxygen atoms in total. The van der Waals surface area contributed by atoms with Crippen LogP contribution in [0.2, 0.25) is 0 Å². The molecule has 1 N–H and O–H groups in total. The summed E-state index contributed by atoms with van der Waals surface area (Å²) in [7, 11) is 0. The molecule has 0 saturated heterocycles. The van der Waals surface area contributed by atoms with Crippen LogP contribution in [0.25, 0.3) is 0 Å². The van der Waals surface area contributed by atoms with Gasteiger partial charge in [-0.05, 0) is 66.8 Å². The molecule has 120 valence electrons. The Hall–Kier alpha value is -2.66. The van der Waals surface area contributed by atoms with Gasteiger partial charge in [0, 0.05) is 12.0 Å². The van der Waals surface area contributed by atoms with Crippen LogP contribution in [0.15, 0.2) is 24.3 Å². The minimum Gasteiger partial charge on any atom is -0.364 e. The fraction of sp³-hybridized carbons (Fsp3) is 0.300. The van der Waals surface area contributed by atoms with Crippen molar-refractivity contribution in [3.8, 4) is 12.1 Å². The molecular formula is C20H18N2O2. The predicted octanol–water partition coefficient (Wildman–Crippen LogP) is 3.66. The van der Waals surface area contributed by atoms with Gasteiger partial charge in [-0.3, -0.25) is 0 Å². The summed E-state index contributed by atoms with van der Waals surface area (Å²) in [5.74, 6) is 0. The second kappa shape index (κ2) is 6.09. The number of hydrogen-bond donors (Lipinski definition) is 1. The molecule has 0 bridgehead atoms. The van der Waals surface area contributed by atoms with Crippen molar-refractivity contribution >= 4 is 0 Å². The van der Waals surface area contributed by atoms with Crippen LogP contribution in [0.5, 0.6) is 0 Å². The summed E-state index contributed by atoms with van der Waals surface area (Å²) in [5.41, 5.74) is 6.59. The molecule has 0 amide bonds. The van der Waals surface area contributed by atoms with Crippen LogP contribution in [0.4, 0.5) is 0 Å². The highest BCUT2D eigenvalue weighted by Crippen LogP contribution is 2.38. The molecule has 4 heteroatoms. The van der Waals surface area contributed by atoms with Gasteiger partial charge in [-0.25, -0.2) is 0 Å². The fourth-order valence-electron chi connectivity index (χ4n) is 3.27. The van der Waals surface area contributed by atoms with Gasteiger partial charge in [0.2, 0.25) is 0 Å². The van der Waals surface area contributed by atoms with Crippen LogP contribution in [0, 0.1) is 43.4 Å². The summed E-state index contributed by atoms with van der Waals surface area (Å²) >= 11 is 0. The van der Waals surface area contributed by atoms with Crippen molar-refractivity contribution in [2.75, 3.05) is 0 Å². The average Bonchev–Trinajstić information content (AvgIpc) is 2.56. The molecule has 2 atom stereocenters. The van der Waals surface area contributed by atoms with Crippen LogP contribution < -0.4 is 0 Å². The third kappa shape index (κ3) is 2.67. The number of rotatable bonds is 1. The monoisotopic (exact) mass is 318 g/mol. The maximum absolute atomic E-state index is 10.4. The van der Waals surface area contributed by atoms with E-state index in [1.807, 2.05) is 45.0 Å². The summed E-state index contributed by atoms with van der Waals surface area (Å²) in [6.07, 6.45) is -0.721. The number of benzene rings is 2. The summed E-state index contributed by atoms with van der Waals surface area (Å²) in [4.78, 5) is 0. The quantitative estimate of drug-likeness (QED) is 0.870. The lowest BCUT2D eigenvalue weighted by atomic mass is 9.88. The number of fused-ring (bicyclic) bond motifs is 1. The molecule has 1 aliphatic heterocycles. The highest BCUT2D eigenvalue weighted by atomic mass is 16.6. The van der Waals surface area contributed by atoms with Gasteiger partial charge in [-0.15, -0.1) is 0 Å². The largest absolute Gasteiger partial charge is 0.364 e. The molecule has 0 saturated carbocycles. The molecule has 3 rings (SSSR count). The zero-order valence-corrected chi connectivity index (χ0v) is 13.9. The fourth-order valence-corrected chi connectivity index (χ4v) is 3.27. The number of nitriles is 2. The Morgan fingerprint density at radius 1 is 0.917 bits per heavy atom. The first-order valence-corrected chi connectivity index (χ1v) is 7.83. The summed E-state index contributed by atoms with van der Waals surface area (Å²) in [5, 5.41) is 28.8. The molecule has 0 spiro atoms. The van der Waals surface area contributed by atoms with Gasteiger partial charge >= 0.3 is 0 Å². The molecule has 0 radical (unpaired) electrons. The van der Waals surface area contributed by atoms with Crippen LogP contribution in [-0.4, -0.2) is 5.11 Å². The molecule has 24 heavy (non-hydrogen) atoms. The normalized spacial score (nSPS) is 19.2. The van der Waals surface area contributed by atoms with E-state index in [2.05, 4.69) is 12.1 Å². The van der Waals surface area contributed by atoms with E-state index in [-0.39, 0.29) is 6.10 Å². The molecule has 0 aromatic heterocycles. The Morgan fingerprint density at radius 3 is 2.12 bits per heavy atom. The SMILES string of the molecule is Cc1cc(C2Cc3cc(C#N)c(C)cc3C(O)O2)c(C)cc1C#N. The third-order valence-corrected chi connectivity index (χ3v) is 4.65. The number of ether oxygens (including phenoxy) is 1. The second-order valence-electron chi connectivity index (χ2n) is 6.29. The molecule has 1 aliphatic rings. The zero-order chi connectivity index (χ0) is 17.4. The Bertz CT molecular complexity index is 903. The second-order valence-corrected chi connectivity index (χ2v) is 6.29. The van der Waals surface area contributed by atoms with Crippen LogP contribution in [-0.2, 0) is 11.2 Å².